The van der Waals surface area contributed by atoms with Crippen molar-refractivity contribution in [2.24, 2.45) is 0 Å². The third kappa shape index (κ3) is 2.30. The molecule has 5 nitrogen and oxygen atoms in total. The zero-order valence-corrected chi connectivity index (χ0v) is 12.2. The van der Waals surface area contributed by atoms with Crippen LogP contribution in [0.4, 0.5) is 4.79 Å². The first-order valence-corrected chi connectivity index (χ1v) is 5.33. The van der Waals surface area contributed by atoms with Crippen LogP contribution in [0.2, 0.25) is 0 Å². The molecule has 2 rings (SSSR count). The molecule has 18 heavy (non-hydrogen) atoms. The summed E-state index contributed by atoms with van der Waals surface area (Å²) in [5, 5.41) is 4.28. The molecule has 0 unspecified atom stereocenters. The Morgan fingerprint density at radius 2 is 1.56 bits per heavy atom. The molecule has 0 aromatic heterocycles. The maximum atomic E-state index is 12.0. The average molecular weight is 274 g/mol. The normalized spacial score (nSPS) is 17.5. The van der Waals surface area contributed by atoms with Crippen LogP contribution < -0.4 is 10.6 Å². The van der Waals surface area contributed by atoms with Crippen LogP contribution in [0.25, 0.3) is 0 Å². The second-order valence-electron chi connectivity index (χ2n) is 3.86. The van der Waals surface area contributed by atoms with Gasteiger partial charge >= 0.3 is 43.8 Å². The molecule has 1 fully saturated rings. The molecule has 1 aliphatic rings. The molecule has 1 heterocycles. The van der Waals surface area contributed by atoms with Crippen molar-refractivity contribution in [3.05, 3.63) is 35.9 Å². The Morgan fingerprint density at radius 3 is 2.00 bits per heavy atom. The van der Waals surface area contributed by atoms with Crippen molar-refractivity contribution in [3.8, 4) is 0 Å². The third-order valence-corrected chi connectivity index (χ3v) is 3.03. The first-order chi connectivity index (χ1) is 8.11. The molecule has 0 aliphatic carbocycles. The van der Waals surface area contributed by atoms with E-state index in [0.717, 1.165) is 0 Å². The van der Waals surface area contributed by atoms with Crippen molar-refractivity contribution in [2.75, 3.05) is 0 Å². The summed E-state index contributed by atoms with van der Waals surface area (Å²) in [6.45, 7) is 1.74. The molecular weight excluding hydrogens is 260 g/mol. The smallest absolute Gasteiger partial charge is 1.00 e. The van der Waals surface area contributed by atoms with Gasteiger partial charge < -0.3 is 2.85 Å². The Bertz CT molecular complexity index is 477. The number of hydrogen-bond donors (Lipinski definition) is 2. The molecule has 4 amide bonds. The van der Waals surface area contributed by atoms with E-state index in [1.165, 1.54) is 0 Å². The van der Waals surface area contributed by atoms with E-state index in [1.54, 1.807) is 37.3 Å². The zero-order chi connectivity index (χ0) is 12.5. The van der Waals surface area contributed by atoms with E-state index in [1.807, 2.05) is 0 Å². The standard InChI is InChI=1S/C12H12N2O3.Ca.2H/c1-2-12(8-6-4-3-5-7-8)9(15)13-11(17)14-10(12)16;;;/h3-7H,2H2,1H3,(H2,13,14,15,16,17);;;/q;+2;2*-1. The number of urea groups is 1. The summed E-state index contributed by atoms with van der Waals surface area (Å²) in [4.78, 5) is 35.0. The van der Waals surface area contributed by atoms with Crippen molar-refractivity contribution in [1.29, 1.82) is 0 Å². The number of carbonyl (C=O) groups is 3. The van der Waals surface area contributed by atoms with Crippen LogP contribution in [-0.4, -0.2) is 55.6 Å². The number of imide groups is 2. The minimum atomic E-state index is -1.31. The van der Waals surface area contributed by atoms with Crippen LogP contribution in [0.15, 0.2) is 30.3 Å². The van der Waals surface area contributed by atoms with Gasteiger partial charge in [-0.15, -0.1) is 0 Å². The molecule has 0 radical (unpaired) electrons. The number of carbonyl (C=O) groups excluding carboxylic acids is 3. The summed E-state index contributed by atoms with van der Waals surface area (Å²) < 4.78 is 0. The summed E-state index contributed by atoms with van der Waals surface area (Å²) in [5.41, 5.74) is -0.722. The van der Waals surface area contributed by atoms with Crippen LogP contribution in [0, 0.1) is 0 Å². The first-order valence-electron chi connectivity index (χ1n) is 5.33. The average Bonchev–Trinajstić information content (AvgIpc) is 2.30. The van der Waals surface area contributed by atoms with Gasteiger partial charge in [0.05, 0.1) is 0 Å². The van der Waals surface area contributed by atoms with E-state index >= 15 is 0 Å². The number of rotatable bonds is 2. The van der Waals surface area contributed by atoms with E-state index in [9.17, 15) is 14.4 Å². The van der Waals surface area contributed by atoms with Gasteiger partial charge in [0.25, 0.3) is 0 Å². The number of nitrogens with one attached hydrogen (secondary N) is 2. The Morgan fingerprint density at radius 1 is 1.06 bits per heavy atom. The first kappa shape index (κ1) is 15.1. The van der Waals surface area contributed by atoms with Crippen LogP contribution in [0.5, 0.6) is 0 Å². The minimum absolute atomic E-state index is 0. The fraction of sp³-hybridized carbons (Fsp3) is 0.250. The molecule has 6 heteroatoms. The van der Waals surface area contributed by atoms with Crippen molar-refractivity contribution in [3.63, 3.8) is 0 Å². The van der Waals surface area contributed by atoms with E-state index in [0.29, 0.717) is 12.0 Å². The van der Waals surface area contributed by atoms with Gasteiger partial charge in [-0.25, -0.2) is 4.79 Å². The fourth-order valence-electron chi connectivity index (χ4n) is 2.06. The summed E-state index contributed by atoms with van der Waals surface area (Å²) in [5.74, 6) is -1.14. The zero-order valence-electron chi connectivity index (χ0n) is 12.0. The van der Waals surface area contributed by atoms with Crippen molar-refractivity contribution in [2.45, 2.75) is 18.8 Å². The topological polar surface area (TPSA) is 75.3 Å². The summed E-state index contributed by atoms with van der Waals surface area (Å²) in [7, 11) is 0. The maximum absolute atomic E-state index is 12.0. The molecule has 1 aliphatic heterocycles. The molecule has 2 N–H and O–H groups in total. The quantitative estimate of drug-likeness (QED) is 0.610. The Labute approximate surface area is 137 Å². The molecular formula is C12H14CaN2O3. The van der Waals surface area contributed by atoms with E-state index in [-0.39, 0.29) is 40.6 Å². The van der Waals surface area contributed by atoms with Gasteiger partial charge in [-0.2, -0.15) is 0 Å². The Kier molecular flexibility index (Phi) is 4.90. The molecule has 0 saturated carbocycles. The number of barbiturate groups is 1. The van der Waals surface area contributed by atoms with Crippen LogP contribution >= 0.6 is 0 Å². The molecule has 92 valence electrons. The number of benzene rings is 1. The van der Waals surface area contributed by atoms with Crippen molar-refractivity contribution >= 4 is 55.6 Å². The summed E-state index contributed by atoms with van der Waals surface area (Å²) in [6.07, 6.45) is 0.294. The summed E-state index contributed by atoms with van der Waals surface area (Å²) >= 11 is 0. The van der Waals surface area contributed by atoms with Crippen LogP contribution in [0.1, 0.15) is 21.8 Å². The second-order valence-corrected chi connectivity index (χ2v) is 3.86. The molecule has 1 saturated heterocycles. The van der Waals surface area contributed by atoms with Crippen molar-refractivity contribution in [1.82, 2.24) is 10.6 Å². The molecule has 0 spiro atoms. The molecule has 0 bridgehead atoms. The predicted molar refractivity (Wildman–Crippen MR) is 68.1 cm³/mol. The van der Waals surface area contributed by atoms with Gasteiger partial charge in [0.1, 0.15) is 0 Å². The van der Waals surface area contributed by atoms with E-state index < -0.39 is 23.3 Å². The Hall–Kier alpha value is -0.910. The minimum Gasteiger partial charge on any atom is -1.00 e. The van der Waals surface area contributed by atoms with Gasteiger partial charge in [0.15, 0.2) is 5.41 Å². The molecule has 1 aromatic rings. The number of amides is 4. The van der Waals surface area contributed by atoms with Gasteiger partial charge in [-0.3, -0.25) is 20.2 Å². The van der Waals surface area contributed by atoms with E-state index in [4.69, 9.17) is 0 Å². The number of hydrogen-bond acceptors (Lipinski definition) is 3. The largest absolute Gasteiger partial charge is 2.00 e. The van der Waals surface area contributed by atoms with Crippen LogP contribution in [-0.2, 0) is 15.0 Å². The van der Waals surface area contributed by atoms with Crippen LogP contribution in [0.3, 0.4) is 0 Å². The second kappa shape index (κ2) is 5.82. The maximum Gasteiger partial charge on any atom is 2.00 e. The van der Waals surface area contributed by atoms with Crippen molar-refractivity contribution < 1.29 is 17.2 Å². The van der Waals surface area contributed by atoms with Gasteiger partial charge in [-0.1, -0.05) is 37.3 Å². The van der Waals surface area contributed by atoms with Gasteiger partial charge in [0, 0.05) is 0 Å². The molecule has 0 atom stereocenters. The van der Waals surface area contributed by atoms with Gasteiger partial charge in [0.2, 0.25) is 11.8 Å². The fourth-order valence-corrected chi connectivity index (χ4v) is 2.06. The SMILES string of the molecule is CCC1(c2ccccc2)C(=O)NC(=O)NC1=O.[Ca+2].[H-].[H-]. The molecule has 1 aromatic carbocycles. The Balaban J connectivity index is 0. The van der Waals surface area contributed by atoms with E-state index in [2.05, 4.69) is 10.6 Å². The van der Waals surface area contributed by atoms with Gasteiger partial charge in [-0.05, 0) is 12.0 Å². The third-order valence-electron chi connectivity index (χ3n) is 3.03. The summed E-state index contributed by atoms with van der Waals surface area (Å²) in [6, 6.07) is 7.96. The monoisotopic (exact) mass is 274 g/mol. The predicted octanol–water partition coefficient (Wildman–Crippen LogP) is 0.545.